The van der Waals surface area contributed by atoms with Gasteiger partial charge in [-0.05, 0) is 79.0 Å². The van der Waals surface area contributed by atoms with Crippen LogP contribution < -0.4 is 19.5 Å². The van der Waals surface area contributed by atoms with Crippen molar-refractivity contribution >= 4 is 23.7 Å². The summed E-state index contributed by atoms with van der Waals surface area (Å²) >= 11 is 0. The molecule has 0 aromatic heterocycles. The molecule has 39 heavy (non-hydrogen) atoms. The molecule has 1 aliphatic rings. The van der Waals surface area contributed by atoms with Crippen molar-refractivity contribution in [2.24, 2.45) is 0 Å². The molecule has 0 saturated carbocycles. The highest BCUT2D eigenvalue weighted by atomic mass is 16.6. The number of allylic oxidation sites excluding steroid dienone is 1. The normalized spacial score (nSPS) is 13.0. The van der Waals surface area contributed by atoms with Crippen LogP contribution in [0.2, 0.25) is 0 Å². The molecule has 0 spiro atoms. The minimum atomic E-state index is -0.434. The van der Waals surface area contributed by atoms with E-state index >= 15 is 0 Å². The number of ether oxygens (including phenoxy) is 1. The maximum absolute atomic E-state index is 6.06. The molecule has 0 aliphatic carbocycles. The van der Waals surface area contributed by atoms with E-state index in [1.165, 1.54) is 27.8 Å². The Balaban J connectivity index is 1.50. The second kappa shape index (κ2) is 12.7. The van der Waals surface area contributed by atoms with Gasteiger partial charge in [-0.25, -0.2) is 0 Å². The lowest BCUT2D eigenvalue weighted by Gasteiger charge is -2.18. The SMILES string of the molecule is CCCC/C(=C(/c1ccc(OCCN(C)C)cc1)c1ccc(B2Oc3ccccc3O2)cc1)c1ccccc1. The first-order valence-electron chi connectivity index (χ1n) is 13.8. The van der Waals surface area contributed by atoms with Crippen LogP contribution in [0.1, 0.15) is 42.9 Å². The zero-order chi connectivity index (χ0) is 27.0. The van der Waals surface area contributed by atoms with Crippen molar-refractivity contribution in [3.05, 3.63) is 120 Å². The standard InChI is InChI=1S/C34H36BNO3/c1-4-5-13-31(26-11-7-6-8-12-26)34(28-18-22-30(23-19-28)37-25-24-36(2)3)27-16-20-29(21-17-27)35-38-32-14-9-10-15-33(32)39-35/h6-12,14-23H,4-5,13,24-25H2,1-3H3/b34-31-. The number of unbranched alkanes of at least 4 members (excludes halogenated alkanes) is 1. The highest BCUT2D eigenvalue weighted by molar-refractivity contribution is 6.63. The molecule has 4 aromatic rings. The van der Waals surface area contributed by atoms with Crippen molar-refractivity contribution < 1.29 is 14.0 Å². The largest absolute Gasteiger partial charge is 0.632 e. The average molecular weight is 517 g/mol. The van der Waals surface area contributed by atoms with Gasteiger partial charge in [0.25, 0.3) is 0 Å². The number of fused-ring (bicyclic) bond motifs is 1. The number of rotatable bonds is 11. The zero-order valence-corrected chi connectivity index (χ0v) is 23.1. The third-order valence-electron chi connectivity index (χ3n) is 6.94. The minimum Gasteiger partial charge on any atom is -0.519 e. The molecule has 5 rings (SSSR count). The summed E-state index contributed by atoms with van der Waals surface area (Å²) < 4.78 is 18.1. The van der Waals surface area contributed by atoms with Crippen LogP contribution in [-0.4, -0.2) is 39.3 Å². The summed E-state index contributed by atoms with van der Waals surface area (Å²) in [5.41, 5.74) is 7.21. The molecule has 5 heteroatoms. The molecule has 1 heterocycles. The van der Waals surface area contributed by atoms with Gasteiger partial charge in [0, 0.05) is 12.0 Å². The minimum absolute atomic E-state index is 0.434. The van der Waals surface area contributed by atoms with Crippen LogP contribution in [0, 0.1) is 0 Å². The van der Waals surface area contributed by atoms with Crippen LogP contribution in [0.25, 0.3) is 11.1 Å². The Morgan fingerprint density at radius 1 is 0.718 bits per heavy atom. The Kier molecular flexibility index (Phi) is 8.70. The van der Waals surface area contributed by atoms with Gasteiger partial charge in [-0.15, -0.1) is 0 Å². The predicted molar refractivity (Wildman–Crippen MR) is 162 cm³/mol. The molecule has 0 N–H and O–H groups in total. The summed E-state index contributed by atoms with van der Waals surface area (Å²) in [7, 11) is 3.68. The first-order chi connectivity index (χ1) is 19.1. The van der Waals surface area contributed by atoms with E-state index in [1.54, 1.807) is 0 Å². The summed E-state index contributed by atoms with van der Waals surface area (Å²) in [4.78, 5) is 2.12. The molecule has 0 saturated heterocycles. The molecular weight excluding hydrogens is 481 g/mol. The first-order valence-corrected chi connectivity index (χ1v) is 13.8. The average Bonchev–Trinajstić information content (AvgIpc) is 3.41. The number of para-hydroxylation sites is 2. The van der Waals surface area contributed by atoms with E-state index in [9.17, 15) is 0 Å². The van der Waals surface area contributed by atoms with Crippen molar-refractivity contribution in [3.63, 3.8) is 0 Å². The summed E-state index contributed by atoms with van der Waals surface area (Å²) in [5, 5.41) is 0. The molecule has 4 aromatic carbocycles. The van der Waals surface area contributed by atoms with Gasteiger partial charge in [-0.2, -0.15) is 0 Å². The molecule has 198 valence electrons. The van der Waals surface area contributed by atoms with Crippen molar-refractivity contribution in [3.8, 4) is 17.2 Å². The van der Waals surface area contributed by atoms with Crippen molar-refractivity contribution in [1.82, 2.24) is 4.90 Å². The van der Waals surface area contributed by atoms with Crippen molar-refractivity contribution in [1.29, 1.82) is 0 Å². The maximum Gasteiger partial charge on any atom is 0.632 e. The van der Waals surface area contributed by atoms with Crippen LogP contribution in [0.15, 0.2) is 103 Å². The molecule has 0 fully saturated rings. The Hall–Kier alpha value is -3.96. The van der Waals surface area contributed by atoms with Crippen LogP contribution >= 0.6 is 0 Å². The van der Waals surface area contributed by atoms with Crippen LogP contribution in [0.4, 0.5) is 0 Å². The zero-order valence-electron chi connectivity index (χ0n) is 23.1. The lowest BCUT2D eigenvalue weighted by atomic mass is 9.78. The number of benzene rings is 4. The molecule has 0 atom stereocenters. The van der Waals surface area contributed by atoms with E-state index in [2.05, 4.69) is 105 Å². The highest BCUT2D eigenvalue weighted by Crippen LogP contribution is 2.36. The molecular formula is C34H36BNO3. The van der Waals surface area contributed by atoms with Gasteiger partial charge in [0.2, 0.25) is 0 Å². The fraction of sp³-hybridized carbons (Fsp3) is 0.235. The topological polar surface area (TPSA) is 30.9 Å². The quantitative estimate of drug-likeness (QED) is 0.159. The molecule has 4 nitrogen and oxygen atoms in total. The molecule has 0 bridgehead atoms. The highest BCUT2D eigenvalue weighted by Gasteiger charge is 2.33. The Morgan fingerprint density at radius 2 is 1.31 bits per heavy atom. The smallest absolute Gasteiger partial charge is 0.519 e. The van der Waals surface area contributed by atoms with E-state index in [1.807, 2.05) is 24.3 Å². The summed E-state index contributed by atoms with van der Waals surface area (Å²) in [6.45, 7) is 3.79. The monoisotopic (exact) mass is 517 g/mol. The van der Waals surface area contributed by atoms with Crippen LogP contribution in [-0.2, 0) is 0 Å². The van der Waals surface area contributed by atoms with E-state index in [0.29, 0.717) is 6.61 Å². The Bertz CT molecular complexity index is 1360. The summed E-state index contributed by atoms with van der Waals surface area (Å²) in [6.07, 6.45) is 3.26. The molecule has 1 aliphatic heterocycles. The predicted octanol–water partition coefficient (Wildman–Crippen LogP) is 6.94. The Labute approximate surface area is 233 Å². The fourth-order valence-electron chi connectivity index (χ4n) is 4.83. The van der Waals surface area contributed by atoms with Gasteiger partial charge in [0.1, 0.15) is 23.9 Å². The van der Waals surface area contributed by atoms with Gasteiger partial charge in [0.15, 0.2) is 0 Å². The van der Waals surface area contributed by atoms with E-state index < -0.39 is 7.12 Å². The molecule has 0 unspecified atom stereocenters. The Morgan fingerprint density at radius 3 is 1.90 bits per heavy atom. The van der Waals surface area contributed by atoms with Gasteiger partial charge in [0.05, 0.1) is 0 Å². The third-order valence-corrected chi connectivity index (χ3v) is 6.94. The fourth-order valence-corrected chi connectivity index (χ4v) is 4.83. The summed E-state index contributed by atoms with van der Waals surface area (Å²) in [6, 6.07) is 35.7. The maximum atomic E-state index is 6.06. The first kappa shape index (κ1) is 26.6. The van der Waals surface area contributed by atoms with Gasteiger partial charge in [-0.1, -0.05) is 92.2 Å². The number of hydrogen-bond donors (Lipinski definition) is 0. The lowest BCUT2D eigenvalue weighted by molar-refractivity contribution is 0.261. The number of likely N-dealkylation sites (N-methyl/N-ethyl adjacent to an activating group) is 1. The molecule has 0 radical (unpaired) electrons. The van der Waals surface area contributed by atoms with Gasteiger partial charge in [-0.3, -0.25) is 0 Å². The van der Waals surface area contributed by atoms with Crippen LogP contribution in [0.3, 0.4) is 0 Å². The number of nitrogens with zero attached hydrogens (tertiary/aromatic N) is 1. The van der Waals surface area contributed by atoms with Crippen LogP contribution in [0.5, 0.6) is 17.2 Å². The van der Waals surface area contributed by atoms with Crippen molar-refractivity contribution in [2.75, 3.05) is 27.2 Å². The van der Waals surface area contributed by atoms with E-state index in [4.69, 9.17) is 14.0 Å². The molecule has 0 amide bonds. The van der Waals surface area contributed by atoms with E-state index in [0.717, 1.165) is 48.5 Å². The lowest BCUT2D eigenvalue weighted by Crippen LogP contribution is -2.38. The van der Waals surface area contributed by atoms with Crippen molar-refractivity contribution in [2.45, 2.75) is 26.2 Å². The van der Waals surface area contributed by atoms with E-state index in [-0.39, 0.29) is 0 Å². The van der Waals surface area contributed by atoms with Gasteiger partial charge >= 0.3 is 7.12 Å². The third kappa shape index (κ3) is 6.55. The number of hydrogen-bond acceptors (Lipinski definition) is 4. The summed E-state index contributed by atoms with van der Waals surface area (Å²) in [5.74, 6) is 2.46. The second-order valence-corrected chi connectivity index (χ2v) is 10.1. The second-order valence-electron chi connectivity index (χ2n) is 10.1. The van der Waals surface area contributed by atoms with Gasteiger partial charge < -0.3 is 18.9 Å².